The van der Waals surface area contributed by atoms with Crippen LogP contribution in [0.4, 0.5) is 20.4 Å². The van der Waals surface area contributed by atoms with Gasteiger partial charge in [0.05, 0.1) is 67.4 Å². The number of carbonyl (C=O) groups is 2. The zero-order chi connectivity index (χ0) is 46.2. The molecular weight excluding hydrogens is 867 g/mol. The minimum absolute atomic E-state index is 0.00225. The van der Waals surface area contributed by atoms with Crippen LogP contribution in [0, 0.1) is 32.4 Å². The fourth-order valence-electron chi connectivity index (χ4n) is 7.95. The van der Waals surface area contributed by atoms with Crippen LogP contribution in [0.25, 0.3) is 55.2 Å². The minimum atomic E-state index is -4.35. The van der Waals surface area contributed by atoms with Crippen LogP contribution >= 0.6 is 0 Å². The molecule has 0 bridgehead atoms. The quantitative estimate of drug-likeness (QED) is 0.0922. The summed E-state index contributed by atoms with van der Waals surface area (Å²) in [5.74, 6) is -1.39. The summed E-state index contributed by atoms with van der Waals surface area (Å²) in [5.41, 5.74) is 17.6. The zero-order valence-corrected chi connectivity index (χ0v) is 35.9. The monoisotopic (exact) mass is 902 g/mol. The van der Waals surface area contributed by atoms with Gasteiger partial charge in [-0.2, -0.15) is 10.2 Å². The lowest BCUT2D eigenvalue weighted by atomic mass is 10.1. The lowest BCUT2D eigenvalue weighted by Crippen LogP contribution is -2.20. The number of fused-ring (bicyclic) bond motifs is 4. The summed E-state index contributed by atoms with van der Waals surface area (Å²) >= 11 is 0. The summed E-state index contributed by atoms with van der Waals surface area (Å²) in [6.07, 6.45) is 2.56. The van der Waals surface area contributed by atoms with Crippen LogP contribution in [0.2, 0.25) is 0 Å². The van der Waals surface area contributed by atoms with Crippen molar-refractivity contribution in [3.8, 4) is 11.4 Å². The molecule has 0 aliphatic carbocycles. The maximum atomic E-state index is 15.8. The third kappa shape index (κ3) is 6.76. The Bertz CT molecular complexity index is 3880. The van der Waals surface area contributed by atoms with E-state index in [1.54, 1.807) is 66.7 Å². The Hall–Kier alpha value is -8.71. The van der Waals surface area contributed by atoms with E-state index in [4.69, 9.17) is 11.5 Å². The van der Waals surface area contributed by atoms with Crippen molar-refractivity contribution in [1.82, 2.24) is 48.5 Å². The molecule has 0 saturated heterocycles. The number of ketones is 2. The van der Waals surface area contributed by atoms with Gasteiger partial charge in [-0.25, -0.2) is 40.5 Å². The van der Waals surface area contributed by atoms with Crippen LogP contribution < -0.4 is 11.5 Å². The van der Waals surface area contributed by atoms with E-state index in [0.29, 0.717) is 22.3 Å². The number of imidazole rings is 2. The maximum absolute atomic E-state index is 15.8. The van der Waals surface area contributed by atoms with E-state index in [1.165, 1.54) is 46.0 Å². The predicted molar refractivity (Wildman–Crippen MR) is 246 cm³/mol. The Balaban J connectivity index is 0.000000162. The summed E-state index contributed by atoms with van der Waals surface area (Å²) in [5, 5.41) is 8.83. The summed E-state index contributed by atoms with van der Waals surface area (Å²) in [6, 6.07) is 29.7. The number of nitrogens with one attached hydrogen (secondary N) is 3. The molecule has 0 atom stereocenters. The van der Waals surface area contributed by atoms with Crippen molar-refractivity contribution in [3.63, 3.8) is 0 Å². The van der Waals surface area contributed by atoms with E-state index in [1.807, 2.05) is 39.0 Å². The number of benzene rings is 5. The molecule has 0 aliphatic rings. The smallest absolute Gasteiger partial charge is 0.268 e. The highest BCUT2D eigenvalue weighted by molar-refractivity contribution is 7.90. The second kappa shape index (κ2) is 15.5. The van der Waals surface area contributed by atoms with E-state index in [-0.39, 0.29) is 44.3 Å². The third-order valence-corrected chi connectivity index (χ3v) is 12.9. The Morgan fingerprint density at radius 3 is 1.71 bits per heavy atom. The van der Waals surface area contributed by atoms with Crippen molar-refractivity contribution in [3.05, 3.63) is 173 Å². The van der Waals surface area contributed by atoms with Gasteiger partial charge in [-0.1, -0.05) is 42.0 Å². The molecule has 11 aromatic rings. The lowest BCUT2D eigenvalue weighted by Gasteiger charge is -2.12. The van der Waals surface area contributed by atoms with E-state index < -0.39 is 38.9 Å². The van der Waals surface area contributed by atoms with E-state index in [2.05, 4.69) is 35.1 Å². The molecule has 7 N–H and O–H groups in total. The lowest BCUT2D eigenvalue weighted by molar-refractivity contribution is 0.102. The van der Waals surface area contributed by atoms with Crippen molar-refractivity contribution in [2.45, 2.75) is 25.7 Å². The highest BCUT2D eigenvalue weighted by atomic mass is 32.2. The molecule has 6 aromatic heterocycles. The van der Waals surface area contributed by atoms with Gasteiger partial charge < -0.3 is 26.4 Å². The number of anilines is 2. The number of para-hydroxylation sites is 2. The molecule has 66 heavy (non-hydrogen) atoms. The maximum Gasteiger partial charge on any atom is 0.268 e. The number of nitrogens with zero attached hydrogens (tertiary/aromatic N) is 7. The normalized spacial score (nSPS) is 11.8. The summed E-state index contributed by atoms with van der Waals surface area (Å²) in [6.45, 7) is 5.52. The topological polar surface area (TPSA) is 234 Å². The number of nitrogen functional groups attached to an aromatic ring is 2. The van der Waals surface area contributed by atoms with Crippen LogP contribution in [0.1, 0.15) is 49.3 Å². The van der Waals surface area contributed by atoms with Gasteiger partial charge in [0.1, 0.15) is 34.7 Å². The number of hydrogen-bond acceptors (Lipinski definition) is 10. The van der Waals surface area contributed by atoms with Crippen LogP contribution in [-0.4, -0.2) is 68.4 Å². The first-order valence-electron chi connectivity index (χ1n) is 20.3. The number of nitrogens with two attached hydrogens (primary N) is 2. The highest BCUT2D eigenvalue weighted by Crippen LogP contribution is 2.33. The Labute approximate surface area is 372 Å². The molecule has 6 heterocycles. The Morgan fingerprint density at radius 2 is 1.14 bits per heavy atom. The molecule has 5 aromatic carbocycles. The fraction of sp³-hybridized carbons (Fsp3) is 0.0638. The number of rotatable bonds is 8. The Kier molecular flexibility index (Phi) is 9.72. The number of carbonyl (C=O) groups excluding carboxylic acids is 2. The number of aromatic amines is 3. The van der Waals surface area contributed by atoms with Crippen molar-refractivity contribution in [1.29, 1.82) is 0 Å². The van der Waals surface area contributed by atoms with Crippen LogP contribution in [0.5, 0.6) is 0 Å². The van der Waals surface area contributed by atoms with Crippen LogP contribution in [0.3, 0.4) is 0 Å². The van der Waals surface area contributed by atoms with Crippen molar-refractivity contribution >= 4 is 77.1 Å². The predicted octanol–water partition coefficient (Wildman–Crippen LogP) is 8.00. The number of aryl methyl sites for hydroxylation is 3. The number of aromatic nitrogens is 10. The number of halogens is 2. The highest BCUT2D eigenvalue weighted by Gasteiger charge is 2.33. The van der Waals surface area contributed by atoms with Crippen molar-refractivity contribution < 1.29 is 26.8 Å². The van der Waals surface area contributed by atoms with E-state index in [9.17, 15) is 22.4 Å². The minimum Gasteiger partial charge on any atom is -0.383 e. The SMILES string of the molecule is Cc1ccc(S(=O)(=O)n2c(C(=O)c3cnn(-c4ccc5nc(C)[nH]c5c4)c3N)c(F)c3ccccc32)cc1.Cc1nc2ccc(-n3ncc(C(=O)c4[nH]c5ccccc5c4F)c3N)cc2[nH]1. The van der Waals surface area contributed by atoms with Gasteiger partial charge in [-0.3, -0.25) is 9.59 Å². The van der Waals surface area contributed by atoms with Gasteiger partial charge >= 0.3 is 0 Å². The fourth-order valence-corrected chi connectivity index (χ4v) is 9.46. The first-order valence-corrected chi connectivity index (χ1v) is 21.7. The Morgan fingerprint density at radius 1 is 0.606 bits per heavy atom. The number of H-pyrrole nitrogens is 3. The summed E-state index contributed by atoms with van der Waals surface area (Å²) in [4.78, 5) is 44.5. The molecule has 0 amide bonds. The molecule has 328 valence electrons. The standard InChI is InChI=1S/C27H21FN6O3S.C20H15FN6O/c1-15-7-10-18(11-8-15)38(36,37)34-23-6-4-3-5-19(23)24(28)25(34)26(35)20-14-30-33(27(20)29)17-9-12-21-22(13-17)32-16(2)31-21;1-10-24-15-7-6-11(8-16(15)25-10)27-20(22)13(9-23-27)19(28)18-17(21)12-4-2-3-5-14(12)26-18/h3-14H,29H2,1-2H3,(H,31,32);2-9,26H,22H2,1H3,(H,24,25). The first-order chi connectivity index (χ1) is 31.7. The van der Waals surface area contributed by atoms with Gasteiger partial charge in [-0.05, 0) is 93.6 Å². The average molecular weight is 903 g/mol. The van der Waals surface area contributed by atoms with Gasteiger partial charge in [0.25, 0.3) is 10.0 Å². The van der Waals surface area contributed by atoms with Crippen LogP contribution in [-0.2, 0) is 10.0 Å². The van der Waals surface area contributed by atoms with Gasteiger partial charge in [-0.15, -0.1) is 0 Å². The van der Waals surface area contributed by atoms with Crippen LogP contribution in [0.15, 0.2) is 126 Å². The number of hydrogen-bond donors (Lipinski definition) is 5. The summed E-state index contributed by atoms with van der Waals surface area (Å²) < 4.78 is 61.5. The molecule has 19 heteroatoms. The summed E-state index contributed by atoms with van der Waals surface area (Å²) in [7, 11) is -4.35. The first kappa shape index (κ1) is 41.3. The molecular formula is C47H36F2N12O4S. The zero-order valence-electron chi connectivity index (χ0n) is 35.1. The van der Waals surface area contributed by atoms with E-state index >= 15 is 4.39 Å². The second-order valence-corrected chi connectivity index (χ2v) is 17.3. The molecule has 0 radical (unpaired) electrons. The van der Waals surface area contributed by atoms with E-state index in [0.717, 1.165) is 43.3 Å². The molecule has 0 saturated carbocycles. The van der Waals surface area contributed by atoms with Crippen molar-refractivity contribution in [2.75, 3.05) is 11.5 Å². The van der Waals surface area contributed by atoms with Gasteiger partial charge in [0, 0.05) is 16.3 Å². The molecule has 0 spiro atoms. The molecule has 0 fully saturated rings. The molecule has 11 rings (SSSR count). The largest absolute Gasteiger partial charge is 0.383 e. The van der Waals surface area contributed by atoms with Gasteiger partial charge in [0.2, 0.25) is 11.6 Å². The van der Waals surface area contributed by atoms with Crippen molar-refractivity contribution in [2.24, 2.45) is 0 Å². The second-order valence-electron chi connectivity index (χ2n) is 15.5. The third-order valence-electron chi connectivity index (χ3n) is 11.2. The van der Waals surface area contributed by atoms with Gasteiger partial charge in [0.15, 0.2) is 11.6 Å². The molecule has 0 aliphatic heterocycles. The average Bonchev–Trinajstić information content (AvgIpc) is 4.17. The molecule has 16 nitrogen and oxygen atoms in total. The molecule has 0 unspecified atom stereocenters.